The molecular formula is C30H31NO4. The highest BCUT2D eigenvalue weighted by molar-refractivity contribution is 6.04. The van der Waals surface area contributed by atoms with E-state index in [9.17, 15) is 19.5 Å². The second-order valence-electron chi connectivity index (χ2n) is 9.26. The average molecular weight is 470 g/mol. The number of hydrogen-bond donors (Lipinski definition) is 2. The Hall–Kier alpha value is -3.73. The van der Waals surface area contributed by atoms with Crippen molar-refractivity contribution in [1.82, 2.24) is 0 Å². The lowest BCUT2D eigenvalue weighted by Gasteiger charge is -2.14. The highest BCUT2D eigenvalue weighted by Gasteiger charge is 2.37. The van der Waals surface area contributed by atoms with E-state index >= 15 is 0 Å². The van der Waals surface area contributed by atoms with Crippen molar-refractivity contribution in [2.45, 2.75) is 45.4 Å². The number of carbonyl (C=O) groups is 3. The minimum atomic E-state index is -0.881. The molecule has 1 saturated carbocycles. The molecule has 5 nitrogen and oxygen atoms in total. The number of unbranched alkanes of at least 4 members (excludes halogenated alkanes) is 1. The van der Waals surface area contributed by atoms with Gasteiger partial charge in [0.15, 0.2) is 5.78 Å². The van der Waals surface area contributed by atoms with E-state index in [-0.39, 0.29) is 11.7 Å². The van der Waals surface area contributed by atoms with Crippen LogP contribution in [-0.4, -0.2) is 22.8 Å². The van der Waals surface area contributed by atoms with Gasteiger partial charge in [-0.3, -0.25) is 14.4 Å². The van der Waals surface area contributed by atoms with Gasteiger partial charge >= 0.3 is 5.97 Å². The Bertz CT molecular complexity index is 1180. The van der Waals surface area contributed by atoms with E-state index in [1.54, 1.807) is 12.1 Å². The molecule has 3 aromatic rings. The van der Waals surface area contributed by atoms with Crippen LogP contribution in [0.4, 0.5) is 5.69 Å². The van der Waals surface area contributed by atoms with Gasteiger partial charge in [0.25, 0.3) is 5.91 Å². The second-order valence-corrected chi connectivity index (χ2v) is 9.26. The molecule has 2 N–H and O–H groups in total. The first-order valence-corrected chi connectivity index (χ1v) is 12.3. The number of nitrogens with one attached hydrogen (secondary N) is 1. The molecule has 0 aromatic heterocycles. The molecule has 180 valence electrons. The number of carboxylic acid groups (broad SMARTS) is 1. The van der Waals surface area contributed by atoms with Crippen LogP contribution in [0.15, 0.2) is 72.8 Å². The number of hydrogen-bond acceptors (Lipinski definition) is 3. The van der Waals surface area contributed by atoms with Crippen molar-refractivity contribution in [2.24, 2.45) is 11.8 Å². The number of aryl methyl sites for hydroxylation is 1. The van der Waals surface area contributed by atoms with Crippen LogP contribution >= 0.6 is 0 Å². The van der Waals surface area contributed by atoms with E-state index in [0.717, 1.165) is 36.8 Å². The number of carboxylic acids is 1. The van der Waals surface area contributed by atoms with Gasteiger partial charge in [-0.1, -0.05) is 68.3 Å². The number of anilines is 1. The highest BCUT2D eigenvalue weighted by Crippen LogP contribution is 2.35. The summed E-state index contributed by atoms with van der Waals surface area (Å²) in [4.78, 5) is 36.9. The Balaban J connectivity index is 1.38. The van der Waals surface area contributed by atoms with Crippen LogP contribution < -0.4 is 5.32 Å². The van der Waals surface area contributed by atoms with E-state index < -0.39 is 17.8 Å². The summed E-state index contributed by atoms with van der Waals surface area (Å²) in [6, 6.07) is 22.6. The molecule has 3 aromatic carbocycles. The summed E-state index contributed by atoms with van der Waals surface area (Å²) in [6.07, 6.45) is 5.29. The molecule has 1 amide bonds. The van der Waals surface area contributed by atoms with Crippen LogP contribution in [0.2, 0.25) is 0 Å². The van der Waals surface area contributed by atoms with Crippen LogP contribution in [0.25, 0.3) is 11.1 Å². The van der Waals surface area contributed by atoms with Gasteiger partial charge in [-0.05, 0) is 66.6 Å². The van der Waals surface area contributed by atoms with Gasteiger partial charge < -0.3 is 10.4 Å². The number of benzene rings is 3. The van der Waals surface area contributed by atoms with Crippen LogP contribution in [0, 0.1) is 11.8 Å². The first-order valence-electron chi connectivity index (χ1n) is 12.3. The van der Waals surface area contributed by atoms with E-state index in [4.69, 9.17) is 0 Å². The Morgan fingerprint density at radius 1 is 0.800 bits per heavy atom. The van der Waals surface area contributed by atoms with Crippen molar-refractivity contribution < 1.29 is 19.5 Å². The van der Waals surface area contributed by atoms with Crippen LogP contribution in [0.1, 0.15) is 65.3 Å². The Labute approximate surface area is 206 Å². The molecule has 0 bridgehead atoms. The van der Waals surface area contributed by atoms with Gasteiger partial charge in [-0.25, -0.2) is 0 Å². The number of aliphatic carboxylic acids is 1. The third-order valence-electron chi connectivity index (χ3n) is 6.85. The smallest absolute Gasteiger partial charge is 0.307 e. The summed E-state index contributed by atoms with van der Waals surface area (Å²) in [6.45, 7) is 2.16. The largest absolute Gasteiger partial charge is 0.481 e. The minimum Gasteiger partial charge on any atom is -0.481 e. The van der Waals surface area contributed by atoms with Gasteiger partial charge in [0.2, 0.25) is 0 Å². The standard InChI is InChI=1S/C30H31NO4/c1-2-3-5-20-8-10-24(11-9-20)29(33)31-25-18-16-22(17-19-25)21-12-14-23(15-13-21)28(32)26-6-4-7-27(26)30(34)35/h8-19,26-27H,2-7H2,1H3,(H,31,33)(H,34,35)/t26-,27-/m1/s1. The molecule has 1 fully saturated rings. The van der Waals surface area contributed by atoms with Crippen molar-refractivity contribution >= 4 is 23.3 Å². The normalized spacial score (nSPS) is 17.2. The summed E-state index contributed by atoms with van der Waals surface area (Å²) in [5, 5.41) is 12.3. The van der Waals surface area contributed by atoms with Gasteiger partial charge in [-0.15, -0.1) is 0 Å². The first kappa shape index (κ1) is 24.4. The summed E-state index contributed by atoms with van der Waals surface area (Å²) >= 11 is 0. The van der Waals surface area contributed by atoms with Gasteiger partial charge in [0.1, 0.15) is 0 Å². The Morgan fingerprint density at radius 3 is 1.97 bits per heavy atom. The quantitative estimate of drug-likeness (QED) is 0.345. The second kappa shape index (κ2) is 11.1. The zero-order chi connectivity index (χ0) is 24.8. The summed E-state index contributed by atoms with van der Waals surface area (Å²) in [5.41, 5.74) is 5.04. The molecule has 4 rings (SSSR count). The van der Waals surface area contributed by atoms with Crippen molar-refractivity contribution in [3.8, 4) is 11.1 Å². The monoisotopic (exact) mass is 469 g/mol. The fourth-order valence-electron chi connectivity index (χ4n) is 4.76. The lowest BCUT2D eigenvalue weighted by Crippen LogP contribution is -2.25. The summed E-state index contributed by atoms with van der Waals surface area (Å²) in [5.74, 6) is -2.13. The lowest BCUT2D eigenvalue weighted by molar-refractivity contribution is -0.142. The zero-order valence-electron chi connectivity index (χ0n) is 20.0. The van der Waals surface area contributed by atoms with Crippen molar-refractivity contribution in [1.29, 1.82) is 0 Å². The van der Waals surface area contributed by atoms with E-state index in [0.29, 0.717) is 29.7 Å². The molecule has 0 heterocycles. The molecule has 35 heavy (non-hydrogen) atoms. The molecule has 0 spiro atoms. The fraction of sp³-hybridized carbons (Fsp3) is 0.300. The van der Waals surface area contributed by atoms with Crippen molar-refractivity contribution in [3.63, 3.8) is 0 Å². The minimum absolute atomic E-state index is 0.0853. The van der Waals surface area contributed by atoms with Gasteiger partial charge in [-0.2, -0.15) is 0 Å². The Morgan fingerprint density at radius 2 is 1.37 bits per heavy atom. The molecule has 1 aliphatic rings. The number of rotatable bonds is 9. The molecule has 0 radical (unpaired) electrons. The topological polar surface area (TPSA) is 83.5 Å². The van der Waals surface area contributed by atoms with Gasteiger partial charge in [0, 0.05) is 22.7 Å². The maximum Gasteiger partial charge on any atom is 0.307 e. The molecular weight excluding hydrogens is 438 g/mol. The molecule has 5 heteroatoms. The van der Waals surface area contributed by atoms with E-state index in [2.05, 4.69) is 12.2 Å². The van der Waals surface area contributed by atoms with E-state index in [1.165, 1.54) is 5.56 Å². The number of carbonyl (C=O) groups excluding carboxylic acids is 2. The number of ketones is 1. The van der Waals surface area contributed by atoms with Crippen LogP contribution in [0.3, 0.4) is 0 Å². The Kier molecular flexibility index (Phi) is 7.76. The van der Waals surface area contributed by atoms with E-state index in [1.807, 2.05) is 60.7 Å². The lowest BCUT2D eigenvalue weighted by atomic mass is 9.88. The maximum atomic E-state index is 12.8. The summed E-state index contributed by atoms with van der Waals surface area (Å²) < 4.78 is 0. The number of Topliss-reactive ketones (excluding diaryl/α,β-unsaturated/α-hetero) is 1. The molecule has 1 aliphatic carbocycles. The third-order valence-corrected chi connectivity index (χ3v) is 6.85. The molecule has 2 atom stereocenters. The van der Waals surface area contributed by atoms with Crippen LogP contribution in [0.5, 0.6) is 0 Å². The zero-order valence-corrected chi connectivity index (χ0v) is 20.0. The SMILES string of the molecule is CCCCc1ccc(C(=O)Nc2ccc(-c3ccc(C(=O)[C@@H]4CCC[C@H]4C(=O)O)cc3)cc2)cc1. The van der Waals surface area contributed by atoms with Crippen molar-refractivity contribution in [2.75, 3.05) is 5.32 Å². The molecule has 0 saturated heterocycles. The van der Waals surface area contributed by atoms with Crippen molar-refractivity contribution in [3.05, 3.63) is 89.5 Å². The third kappa shape index (κ3) is 5.86. The highest BCUT2D eigenvalue weighted by atomic mass is 16.4. The van der Waals surface area contributed by atoms with Crippen LogP contribution in [-0.2, 0) is 11.2 Å². The first-order chi connectivity index (χ1) is 17.0. The molecule has 0 unspecified atom stereocenters. The maximum absolute atomic E-state index is 12.8. The predicted molar refractivity (Wildman–Crippen MR) is 138 cm³/mol. The number of amides is 1. The fourth-order valence-corrected chi connectivity index (χ4v) is 4.76. The predicted octanol–water partition coefficient (Wildman–Crippen LogP) is 6.63. The van der Waals surface area contributed by atoms with Gasteiger partial charge in [0.05, 0.1) is 5.92 Å². The molecule has 0 aliphatic heterocycles. The summed E-state index contributed by atoms with van der Waals surface area (Å²) in [7, 11) is 0. The average Bonchev–Trinajstić information content (AvgIpc) is 3.38.